The molecule has 1 amide bonds. The van der Waals surface area contributed by atoms with E-state index in [0.717, 1.165) is 5.56 Å². The zero-order valence-corrected chi connectivity index (χ0v) is 18.3. The molecule has 0 spiro atoms. The SMILES string of the molecule is CCOC1OC(=O)C[C@@H]1NC(=O)[C@@H](C)n1ccc2cc(-c3ccc(N)c(Cl)c3)[nH]c2c1=O. The van der Waals surface area contributed by atoms with Gasteiger partial charge in [-0.2, -0.15) is 0 Å². The monoisotopic (exact) mass is 458 g/mol. The molecule has 3 heterocycles. The van der Waals surface area contributed by atoms with Gasteiger partial charge in [-0.1, -0.05) is 17.7 Å². The van der Waals surface area contributed by atoms with E-state index in [-0.39, 0.29) is 12.0 Å². The second kappa shape index (κ2) is 8.68. The Hall–Kier alpha value is -3.30. The number of nitrogens with two attached hydrogens (primary N) is 1. The fourth-order valence-corrected chi connectivity index (χ4v) is 3.87. The number of hydrogen-bond donors (Lipinski definition) is 3. The van der Waals surface area contributed by atoms with Crippen molar-refractivity contribution in [1.29, 1.82) is 0 Å². The molecule has 9 nitrogen and oxygen atoms in total. The lowest BCUT2D eigenvalue weighted by atomic mass is 10.1. The van der Waals surface area contributed by atoms with Gasteiger partial charge in [0.05, 0.1) is 17.1 Å². The van der Waals surface area contributed by atoms with E-state index in [1.165, 1.54) is 4.57 Å². The quantitative estimate of drug-likeness (QED) is 0.384. The first-order valence-electron chi connectivity index (χ1n) is 10.2. The number of nitrogens with zero attached hydrogens (tertiary/aromatic N) is 1. The van der Waals surface area contributed by atoms with Crippen LogP contribution in [0.25, 0.3) is 22.2 Å². The fraction of sp³-hybridized carbons (Fsp3) is 0.318. The number of carbonyl (C=O) groups is 2. The summed E-state index contributed by atoms with van der Waals surface area (Å²) in [5.74, 6) is -0.863. The summed E-state index contributed by atoms with van der Waals surface area (Å²) in [7, 11) is 0. The second-order valence-corrected chi connectivity index (χ2v) is 7.99. The van der Waals surface area contributed by atoms with Gasteiger partial charge in [-0.15, -0.1) is 0 Å². The van der Waals surface area contributed by atoms with Gasteiger partial charge in [0.25, 0.3) is 5.56 Å². The lowest BCUT2D eigenvalue weighted by Gasteiger charge is -2.21. The van der Waals surface area contributed by atoms with Crippen LogP contribution >= 0.6 is 11.6 Å². The molecule has 10 heteroatoms. The number of carbonyl (C=O) groups excluding carboxylic acids is 2. The van der Waals surface area contributed by atoms with E-state index in [0.29, 0.717) is 33.9 Å². The number of anilines is 1. The molecule has 0 aliphatic carbocycles. The minimum absolute atomic E-state index is 0.0151. The van der Waals surface area contributed by atoms with Crippen LogP contribution in [0.1, 0.15) is 26.3 Å². The molecule has 1 aromatic carbocycles. The summed E-state index contributed by atoms with van der Waals surface area (Å²) in [6.07, 6.45) is 0.751. The van der Waals surface area contributed by atoms with Gasteiger partial charge in [0.15, 0.2) is 0 Å². The Morgan fingerprint density at radius 1 is 1.38 bits per heavy atom. The lowest BCUT2D eigenvalue weighted by Crippen LogP contribution is -2.45. The highest BCUT2D eigenvalue weighted by Crippen LogP contribution is 2.28. The van der Waals surface area contributed by atoms with Crippen molar-refractivity contribution in [3.8, 4) is 11.3 Å². The van der Waals surface area contributed by atoms with Crippen LogP contribution in [-0.2, 0) is 19.1 Å². The van der Waals surface area contributed by atoms with Crippen molar-refractivity contribution < 1.29 is 19.1 Å². The van der Waals surface area contributed by atoms with Crippen molar-refractivity contribution in [1.82, 2.24) is 14.9 Å². The van der Waals surface area contributed by atoms with Crippen molar-refractivity contribution in [2.24, 2.45) is 0 Å². The van der Waals surface area contributed by atoms with Gasteiger partial charge in [0.2, 0.25) is 12.2 Å². The third kappa shape index (κ3) is 4.09. The number of esters is 1. The molecule has 1 unspecified atom stereocenters. The topological polar surface area (TPSA) is 128 Å². The number of aromatic nitrogens is 2. The average molecular weight is 459 g/mol. The molecule has 0 bridgehead atoms. The first-order chi connectivity index (χ1) is 15.3. The molecule has 0 radical (unpaired) electrons. The summed E-state index contributed by atoms with van der Waals surface area (Å²) in [6, 6.07) is 7.38. The Bertz CT molecular complexity index is 1250. The van der Waals surface area contributed by atoms with Gasteiger partial charge < -0.3 is 30.1 Å². The van der Waals surface area contributed by atoms with Crippen LogP contribution in [0.2, 0.25) is 5.02 Å². The van der Waals surface area contributed by atoms with Crippen LogP contribution in [0.3, 0.4) is 0 Å². The predicted molar refractivity (Wildman–Crippen MR) is 120 cm³/mol. The number of cyclic esters (lactones) is 1. The summed E-state index contributed by atoms with van der Waals surface area (Å²) >= 11 is 6.12. The Morgan fingerprint density at radius 3 is 2.88 bits per heavy atom. The van der Waals surface area contributed by atoms with Crippen LogP contribution in [0.15, 0.2) is 41.3 Å². The molecule has 4 N–H and O–H groups in total. The fourth-order valence-electron chi connectivity index (χ4n) is 3.69. The van der Waals surface area contributed by atoms with Gasteiger partial charge in [-0.3, -0.25) is 14.4 Å². The Kier molecular flexibility index (Phi) is 5.94. The molecule has 1 aliphatic heterocycles. The molecule has 0 saturated carbocycles. The molecule has 3 aromatic rings. The number of hydrogen-bond acceptors (Lipinski definition) is 6. The Labute approximate surface area is 188 Å². The van der Waals surface area contributed by atoms with Gasteiger partial charge in [0, 0.05) is 23.9 Å². The summed E-state index contributed by atoms with van der Waals surface area (Å²) in [5.41, 5.74) is 7.74. The largest absolute Gasteiger partial charge is 0.433 e. The van der Waals surface area contributed by atoms with Crippen LogP contribution in [0, 0.1) is 0 Å². The van der Waals surface area contributed by atoms with E-state index in [4.69, 9.17) is 26.8 Å². The van der Waals surface area contributed by atoms with Crippen LogP contribution in [0.5, 0.6) is 0 Å². The van der Waals surface area contributed by atoms with Crippen LogP contribution in [0.4, 0.5) is 5.69 Å². The minimum Gasteiger partial charge on any atom is -0.433 e. The number of nitrogen functional groups attached to an aromatic ring is 1. The highest BCUT2D eigenvalue weighted by Gasteiger charge is 2.37. The number of amides is 1. The zero-order valence-electron chi connectivity index (χ0n) is 17.6. The summed E-state index contributed by atoms with van der Waals surface area (Å²) in [4.78, 5) is 40.6. The smallest absolute Gasteiger partial charge is 0.310 e. The first-order valence-corrected chi connectivity index (χ1v) is 10.6. The number of ether oxygens (including phenoxy) is 2. The molecular formula is C22H23ClN4O5. The Balaban J connectivity index is 1.59. The van der Waals surface area contributed by atoms with E-state index in [1.807, 2.05) is 6.07 Å². The molecule has 4 rings (SSSR count). The maximum absolute atomic E-state index is 13.1. The first kappa shape index (κ1) is 21.9. The van der Waals surface area contributed by atoms with Crippen LogP contribution in [-0.4, -0.2) is 40.4 Å². The van der Waals surface area contributed by atoms with Gasteiger partial charge in [-0.05, 0) is 43.7 Å². The number of aromatic amines is 1. The van der Waals surface area contributed by atoms with Crippen molar-refractivity contribution >= 4 is 40.1 Å². The summed E-state index contributed by atoms with van der Waals surface area (Å²) in [5, 5.41) is 3.88. The number of halogens is 1. The molecular weight excluding hydrogens is 436 g/mol. The number of nitrogens with one attached hydrogen (secondary N) is 2. The van der Waals surface area contributed by atoms with Gasteiger partial charge >= 0.3 is 5.97 Å². The maximum atomic E-state index is 13.1. The van der Waals surface area contributed by atoms with E-state index >= 15 is 0 Å². The number of pyridine rings is 1. The Morgan fingerprint density at radius 2 is 2.16 bits per heavy atom. The van der Waals surface area contributed by atoms with Crippen molar-refractivity contribution in [2.75, 3.05) is 12.3 Å². The molecule has 1 fully saturated rings. The van der Waals surface area contributed by atoms with Gasteiger partial charge in [0.1, 0.15) is 17.6 Å². The molecule has 168 valence electrons. The van der Waals surface area contributed by atoms with E-state index in [9.17, 15) is 14.4 Å². The predicted octanol–water partition coefficient (Wildman–Crippen LogP) is 2.59. The zero-order chi connectivity index (χ0) is 23.0. The molecule has 2 aromatic heterocycles. The third-order valence-electron chi connectivity index (χ3n) is 5.44. The number of rotatable bonds is 6. The number of H-pyrrole nitrogens is 1. The third-order valence-corrected chi connectivity index (χ3v) is 5.77. The van der Waals surface area contributed by atoms with Crippen LogP contribution < -0.4 is 16.6 Å². The lowest BCUT2D eigenvalue weighted by molar-refractivity contribution is -0.164. The standard InChI is InChI=1S/C22H23ClN4O5/c1-3-31-22-17(10-18(28)32-22)26-20(29)11(2)27-7-6-13-9-16(25-19(13)21(27)30)12-4-5-15(24)14(23)8-12/h4-9,11,17,22,25H,3,10,24H2,1-2H3,(H,26,29)/t11-,17+,22?/m1/s1. The summed E-state index contributed by atoms with van der Waals surface area (Å²) in [6.45, 7) is 3.72. The number of benzene rings is 1. The molecule has 32 heavy (non-hydrogen) atoms. The van der Waals surface area contributed by atoms with Gasteiger partial charge in [-0.25, -0.2) is 0 Å². The normalized spacial score (nSPS) is 19.2. The average Bonchev–Trinajstić information content (AvgIpc) is 3.34. The summed E-state index contributed by atoms with van der Waals surface area (Å²) < 4.78 is 11.8. The van der Waals surface area contributed by atoms with E-state index in [2.05, 4.69) is 10.3 Å². The minimum atomic E-state index is -0.833. The number of fused-ring (bicyclic) bond motifs is 1. The highest BCUT2D eigenvalue weighted by molar-refractivity contribution is 6.33. The van der Waals surface area contributed by atoms with Crippen molar-refractivity contribution in [3.05, 3.63) is 51.9 Å². The maximum Gasteiger partial charge on any atom is 0.310 e. The molecule has 1 aliphatic rings. The van der Waals surface area contributed by atoms with Crippen molar-refractivity contribution in [2.45, 2.75) is 38.6 Å². The highest BCUT2D eigenvalue weighted by atomic mass is 35.5. The second-order valence-electron chi connectivity index (χ2n) is 7.59. The van der Waals surface area contributed by atoms with E-state index < -0.39 is 30.3 Å². The van der Waals surface area contributed by atoms with Crippen molar-refractivity contribution in [3.63, 3.8) is 0 Å². The molecule has 1 saturated heterocycles. The molecule has 3 atom stereocenters. The van der Waals surface area contributed by atoms with E-state index in [1.54, 1.807) is 44.3 Å².